The number of likely N-dealkylation sites (tertiary alicyclic amines) is 1. The Bertz CT molecular complexity index is 878. The van der Waals surface area contributed by atoms with E-state index in [0.717, 1.165) is 42.5 Å². The molecule has 2 heterocycles. The number of aromatic nitrogens is 1. The van der Waals surface area contributed by atoms with Gasteiger partial charge in [0.1, 0.15) is 0 Å². The van der Waals surface area contributed by atoms with Crippen LogP contribution in [0.5, 0.6) is 0 Å². The lowest BCUT2D eigenvalue weighted by atomic mass is 10.0. The van der Waals surface area contributed by atoms with Crippen LogP contribution >= 0.6 is 24.8 Å². The van der Waals surface area contributed by atoms with E-state index in [9.17, 15) is 10.1 Å². The van der Waals surface area contributed by atoms with Crippen molar-refractivity contribution in [1.29, 1.82) is 5.26 Å². The Morgan fingerprint density at radius 3 is 2.70 bits per heavy atom. The Kier molecular flexibility index (Phi) is 8.73. The number of methoxy groups -OCH3 is 1. The molecule has 1 fully saturated rings. The molecule has 0 spiro atoms. The second kappa shape index (κ2) is 10.1. The molecular weight excluding hydrogens is 387 g/mol. The van der Waals surface area contributed by atoms with Crippen LogP contribution in [0.4, 0.5) is 0 Å². The van der Waals surface area contributed by atoms with Gasteiger partial charge in [0.15, 0.2) is 0 Å². The molecule has 0 radical (unpaired) electrons. The van der Waals surface area contributed by atoms with Gasteiger partial charge < -0.3 is 15.0 Å². The van der Waals surface area contributed by atoms with E-state index in [1.165, 1.54) is 0 Å². The maximum absolute atomic E-state index is 12.5. The van der Waals surface area contributed by atoms with Gasteiger partial charge in [-0.1, -0.05) is 6.07 Å². The minimum absolute atomic E-state index is 0. The van der Waals surface area contributed by atoms with Crippen LogP contribution in [0.1, 0.15) is 17.5 Å². The molecule has 3 rings (SSSR count). The molecule has 27 heavy (non-hydrogen) atoms. The monoisotopic (exact) mass is 412 g/mol. The molecule has 2 atom stereocenters. The zero-order chi connectivity index (χ0) is 18.0. The number of piperidine rings is 1. The fourth-order valence-electron chi connectivity index (χ4n) is 3.54. The Morgan fingerprint density at radius 2 is 2.04 bits per heavy atom. The molecule has 1 aliphatic heterocycles. The SMILES string of the molecule is CO[C@@H]1CN(CCn2c(=O)cc(C)c3ccc(C#N)cc32)CC[C@@H]1N.Cl.Cl. The van der Waals surface area contributed by atoms with E-state index in [-0.39, 0.29) is 42.5 Å². The number of hydrogen-bond donors (Lipinski definition) is 1. The van der Waals surface area contributed by atoms with E-state index in [1.54, 1.807) is 29.9 Å². The molecule has 1 aromatic heterocycles. The summed E-state index contributed by atoms with van der Waals surface area (Å²) in [7, 11) is 1.69. The Balaban J connectivity index is 0.00000182. The van der Waals surface area contributed by atoms with Gasteiger partial charge in [-0.2, -0.15) is 5.26 Å². The first-order chi connectivity index (χ1) is 12.0. The van der Waals surface area contributed by atoms with Crippen LogP contribution in [0, 0.1) is 18.3 Å². The van der Waals surface area contributed by atoms with Gasteiger partial charge in [-0.3, -0.25) is 9.69 Å². The van der Waals surface area contributed by atoms with Crippen molar-refractivity contribution in [1.82, 2.24) is 9.47 Å². The summed E-state index contributed by atoms with van der Waals surface area (Å²) >= 11 is 0. The molecule has 2 N–H and O–H groups in total. The smallest absolute Gasteiger partial charge is 0.251 e. The van der Waals surface area contributed by atoms with E-state index < -0.39 is 0 Å². The van der Waals surface area contributed by atoms with Gasteiger partial charge in [-0.25, -0.2) is 0 Å². The van der Waals surface area contributed by atoms with Gasteiger partial charge in [-0.15, -0.1) is 24.8 Å². The third kappa shape index (κ3) is 5.01. The molecule has 6 nitrogen and oxygen atoms in total. The van der Waals surface area contributed by atoms with Crippen LogP contribution in [0.15, 0.2) is 29.1 Å². The van der Waals surface area contributed by atoms with Gasteiger partial charge in [0.05, 0.1) is 23.3 Å². The van der Waals surface area contributed by atoms with Crippen LogP contribution in [0.2, 0.25) is 0 Å². The van der Waals surface area contributed by atoms with Crippen molar-refractivity contribution in [2.24, 2.45) is 5.73 Å². The van der Waals surface area contributed by atoms with E-state index in [4.69, 9.17) is 10.5 Å². The summed E-state index contributed by atoms with van der Waals surface area (Å²) in [5, 5.41) is 10.2. The Morgan fingerprint density at radius 1 is 1.30 bits per heavy atom. The van der Waals surface area contributed by atoms with Crippen molar-refractivity contribution in [3.05, 3.63) is 45.7 Å². The predicted molar refractivity (Wildman–Crippen MR) is 112 cm³/mol. The summed E-state index contributed by atoms with van der Waals surface area (Å²) in [6.07, 6.45) is 0.922. The average Bonchev–Trinajstić information content (AvgIpc) is 2.62. The highest BCUT2D eigenvalue weighted by molar-refractivity contribution is 5.85. The number of benzene rings is 1. The van der Waals surface area contributed by atoms with Crippen molar-refractivity contribution in [2.75, 3.05) is 26.7 Å². The molecule has 1 saturated heterocycles. The Labute approximate surface area is 171 Å². The number of ether oxygens (including phenoxy) is 1. The molecule has 1 aliphatic rings. The highest BCUT2D eigenvalue weighted by atomic mass is 35.5. The van der Waals surface area contributed by atoms with Crippen LogP contribution in [0.25, 0.3) is 10.9 Å². The number of nitrogens with zero attached hydrogens (tertiary/aromatic N) is 3. The van der Waals surface area contributed by atoms with Crippen LogP contribution < -0.4 is 11.3 Å². The van der Waals surface area contributed by atoms with Gasteiger partial charge in [0.25, 0.3) is 5.56 Å². The molecule has 0 unspecified atom stereocenters. The van der Waals surface area contributed by atoms with Gasteiger partial charge in [-0.05, 0) is 37.6 Å². The van der Waals surface area contributed by atoms with Crippen molar-refractivity contribution >= 4 is 35.7 Å². The largest absolute Gasteiger partial charge is 0.379 e. The highest BCUT2D eigenvalue weighted by Gasteiger charge is 2.26. The number of pyridine rings is 1. The highest BCUT2D eigenvalue weighted by Crippen LogP contribution is 2.19. The summed E-state index contributed by atoms with van der Waals surface area (Å²) in [5.41, 5.74) is 8.36. The van der Waals surface area contributed by atoms with Gasteiger partial charge >= 0.3 is 0 Å². The lowest BCUT2D eigenvalue weighted by Crippen LogP contribution is -2.52. The predicted octanol–water partition coefficient (Wildman–Crippen LogP) is 2.07. The van der Waals surface area contributed by atoms with E-state index in [1.807, 2.05) is 13.0 Å². The van der Waals surface area contributed by atoms with Crippen LogP contribution in [0.3, 0.4) is 0 Å². The average molecular weight is 413 g/mol. The number of hydrogen-bond acceptors (Lipinski definition) is 5. The molecule has 0 bridgehead atoms. The van der Waals surface area contributed by atoms with E-state index in [0.29, 0.717) is 12.1 Å². The van der Waals surface area contributed by atoms with Gasteiger partial charge in [0.2, 0.25) is 0 Å². The van der Waals surface area contributed by atoms with Crippen LogP contribution in [-0.4, -0.2) is 48.4 Å². The molecule has 148 valence electrons. The lowest BCUT2D eigenvalue weighted by molar-refractivity contribution is 0.0158. The summed E-state index contributed by atoms with van der Waals surface area (Å²) in [6.45, 7) is 4.94. The van der Waals surface area contributed by atoms with Crippen molar-refractivity contribution in [2.45, 2.75) is 32.0 Å². The number of nitriles is 1. The van der Waals surface area contributed by atoms with Crippen molar-refractivity contribution < 1.29 is 4.74 Å². The zero-order valence-corrected chi connectivity index (χ0v) is 17.2. The minimum Gasteiger partial charge on any atom is -0.379 e. The van der Waals surface area contributed by atoms with Crippen molar-refractivity contribution in [3.8, 4) is 6.07 Å². The number of rotatable bonds is 4. The van der Waals surface area contributed by atoms with Crippen LogP contribution in [-0.2, 0) is 11.3 Å². The maximum atomic E-state index is 12.5. The first-order valence-electron chi connectivity index (χ1n) is 8.58. The number of nitrogens with two attached hydrogens (primary N) is 1. The number of halogens is 2. The summed E-state index contributed by atoms with van der Waals surface area (Å²) < 4.78 is 7.22. The fraction of sp³-hybridized carbons (Fsp3) is 0.474. The fourth-order valence-corrected chi connectivity index (χ4v) is 3.54. The van der Waals surface area contributed by atoms with Crippen molar-refractivity contribution in [3.63, 3.8) is 0 Å². The normalized spacial score (nSPS) is 19.8. The third-order valence-electron chi connectivity index (χ3n) is 5.09. The standard InChI is InChI=1S/C19H24N4O2.2ClH/c1-13-9-19(24)23(17-10-14(11-20)3-4-15(13)17)8-7-22-6-5-16(21)18(12-22)25-2;;/h3-4,9-10,16,18H,5-8,12,21H2,1-2H3;2*1H/t16-,18+;;/m0../s1. The molecule has 1 aromatic carbocycles. The first kappa shape index (κ1) is 23.4. The molecule has 2 aromatic rings. The summed E-state index contributed by atoms with van der Waals surface area (Å²) in [6, 6.07) is 9.40. The van der Waals surface area contributed by atoms with Gasteiger partial charge in [0, 0.05) is 44.2 Å². The van der Waals surface area contributed by atoms with E-state index >= 15 is 0 Å². The maximum Gasteiger partial charge on any atom is 0.251 e. The second-order valence-corrected chi connectivity index (χ2v) is 6.69. The third-order valence-corrected chi connectivity index (χ3v) is 5.09. The first-order valence-corrected chi connectivity index (χ1v) is 8.58. The topological polar surface area (TPSA) is 84.3 Å². The number of aryl methyl sites for hydroxylation is 1. The summed E-state index contributed by atoms with van der Waals surface area (Å²) in [4.78, 5) is 14.8. The second-order valence-electron chi connectivity index (χ2n) is 6.69. The molecule has 0 aliphatic carbocycles. The Hall–Kier alpha value is -1.62. The molecule has 0 saturated carbocycles. The molecule has 0 amide bonds. The number of fused-ring (bicyclic) bond motifs is 1. The molecule has 8 heteroatoms. The zero-order valence-electron chi connectivity index (χ0n) is 15.6. The van der Waals surface area contributed by atoms with E-state index in [2.05, 4.69) is 11.0 Å². The lowest BCUT2D eigenvalue weighted by Gasteiger charge is -2.36. The molecular formula is C19H26Cl2N4O2. The minimum atomic E-state index is -0.0305. The summed E-state index contributed by atoms with van der Waals surface area (Å²) in [5.74, 6) is 0. The quantitative estimate of drug-likeness (QED) is 0.830.